The summed E-state index contributed by atoms with van der Waals surface area (Å²) in [6, 6.07) is 24.6. The molecule has 4 aromatic carbocycles. The van der Waals surface area contributed by atoms with Crippen molar-refractivity contribution in [1.82, 2.24) is 19.8 Å². The van der Waals surface area contributed by atoms with Crippen molar-refractivity contribution in [1.29, 1.82) is 0 Å². The molecule has 10 nitrogen and oxygen atoms in total. The van der Waals surface area contributed by atoms with Crippen molar-refractivity contribution in [2.75, 3.05) is 12.5 Å². The van der Waals surface area contributed by atoms with Crippen LogP contribution >= 0.6 is 0 Å². The Balaban J connectivity index is 0.000000189. The number of pyridine rings is 2. The van der Waals surface area contributed by atoms with Crippen LogP contribution in [0, 0.1) is 5.82 Å². The van der Waals surface area contributed by atoms with Gasteiger partial charge < -0.3 is 9.80 Å². The lowest BCUT2D eigenvalue weighted by Crippen LogP contribution is -2.26. The van der Waals surface area contributed by atoms with Crippen molar-refractivity contribution in [3.63, 3.8) is 0 Å². The van der Waals surface area contributed by atoms with E-state index in [0.29, 0.717) is 39.1 Å². The summed E-state index contributed by atoms with van der Waals surface area (Å²) in [6.07, 6.45) is -5.22. The predicted molar refractivity (Wildman–Crippen MR) is 216 cm³/mol. The molecule has 63 heavy (non-hydrogen) atoms. The molecule has 0 aliphatic carbocycles. The van der Waals surface area contributed by atoms with E-state index >= 15 is 0 Å². The SMILES string of the molecule is CS(=O)(=O)c1ccc(-c2ccc(F)cc2)c(C(=O)N2Cc3cnc(C(F)(F)F)cc3C2)c1.CS(=O)(=O)c1ccc(-c2ccccc2)c(C(=O)N2Cc3cc(C(F)(F)F)cnc3C2)c1. The predicted octanol–water partition coefficient (Wildman–Crippen LogP) is 8.79. The first-order valence-electron chi connectivity index (χ1n) is 18.7. The van der Waals surface area contributed by atoms with E-state index in [-0.39, 0.29) is 47.1 Å². The third kappa shape index (κ3) is 9.78. The highest BCUT2D eigenvalue weighted by atomic mass is 32.2. The highest BCUT2D eigenvalue weighted by Crippen LogP contribution is 2.36. The molecule has 0 saturated carbocycles. The van der Waals surface area contributed by atoms with E-state index in [1.165, 1.54) is 64.4 Å². The monoisotopic (exact) mass is 910 g/mol. The quantitative estimate of drug-likeness (QED) is 0.152. The van der Waals surface area contributed by atoms with Crippen LogP contribution in [0.25, 0.3) is 22.3 Å². The summed E-state index contributed by atoms with van der Waals surface area (Å²) in [7, 11) is -7.19. The minimum absolute atomic E-state index is 0.00951. The third-order valence-corrected chi connectivity index (χ3v) is 12.5. The average Bonchev–Trinajstić information content (AvgIpc) is 3.87. The average molecular weight is 911 g/mol. The van der Waals surface area contributed by atoms with Crippen LogP contribution < -0.4 is 0 Å². The van der Waals surface area contributed by atoms with Gasteiger partial charge in [0.15, 0.2) is 19.7 Å². The fourth-order valence-electron chi connectivity index (χ4n) is 7.09. The van der Waals surface area contributed by atoms with Crippen LogP contribution in [0.3, 0.4) is 0 Å². The van der Waals surface area contributed by atoms with E-state index < -0.39 is 60.9 Å². The Kier molecular flexibility index (Phi) is 11.8. The van der Waals surface area contributed by atoms with Crippen molar-refractivity contribution in [2.45, 2.75) is 48.3 Å². The number of fused-ring (bicyclic) bond motifs is 2. The summed E-state index contributed by atoms with van der Waals surface area (Å²) >= 11 is 0. The summed E-state index contributed by atoms with van der Waals surface area (Å²) < 4.78 is 139. The normalized spacial score (nSPS) is 13.9. The molecular weight excluding hydrogens is 878 g/mol. The Morgan fingerprint density at radius 2 is 1.06 bits per heavy atom. The molecule has 2 aromatic heterocycles. The molecule has 0 N–H and O–H groups in total. The third-order valence-electron chi connectivity index (χ3n) is 10.3. The molecule has 0 spiro atoms. The Morgan fingerprint density at radius 1 is 0.556 bits per heavy atom. The number of nitrogens with zero attached hydrogens (tertiary/aromatic N) is 4. The second-order valence-electron chi connectivity index (χ2n) is 14.8. The van der Waals surface area contributed by atoms with Crippen molar-refractivity contribution < 1.29 is 57.2 Å². The Hall–Kier alpha value is -6.47. The molecular formula is C44H33F7N4O6S2. The molecule has 326 valence electrons. The molecule has 4 heterocycles. The van der Waals surface area contributed by atoms with Crippen LogP contribution in [0.15, 0.2) is 125 Å². The fourth-order valence-corrected chi connectivity index (χ4v) is 8.39. The maximum atomic E-state index is 13.4. The minimum atomic E-state index is -4.61. The van der Waals surface area contributed by atoms with Gasteiger partial charge in [0.2, 0.25) is 0 Å². The van der Waals surface area contributed by atoms with Crippen LogP contribution in [-0.2, 0) is 58.2 Å². The van der Waals surface area contributed by atoms with Crippen molar-refractivity contribution >= 4 is 31.5 Å². The molecule has 0 saturated heterocycles. The largest absolute Gasteiger partial charge is 0.433 e. The molecule has 8 rings (SSSR count). The molecule has 0 atom stereocenters. The van der Waals surface area contributed by atoms with Crippen LogP contribution in [0.1, 0.15) is 54.4 Å². The van der Waals surface area contributed by atoms with Crippen molar-refractivity contribution in [3.05, 3.63) is 166 Å². The molecule has 0 radical (unpaired) electrons. The summed E-state index contributed by atoms with van der Waals surface area (Å²) in [5.41, 5.74) is 1.95. The van der Waals surface area contributed by atoms with Gasteiger partial charge in [0.1, 0.15) is 11.5 Å². The van der Waals surface area contributed by atoms with E-state index in [4.69, 9.17) is 0 Å². The summed E-state index contributed by atoms with van der Waals surface area (Å²) in [5, 5.41) is 0. The van der Waals surface area contributed by atoms with Gasteiger partial charge in [0.25, 0.3) is 11.8 Å². The highest BCUT2D eigenvalue weighted by molar-refractivity contribution is 7.91. The summed E-state index contributed by atoms with van der Waals surface area (Å²) in [4.78, 5) is 36.6. The van der Waals surface area contributed by atoms with E-state index in [9.17, 15) is 57.2 Å². The van der Waals surface area contributed by atoms with Gasteiger partial charge in [-0.3, -0.25) is 19.6 Å². The van der Waals surface area contributed by atoms with Crippen LogP contribution in [-0.4, -0.2) is 60.9 Å². The van der Waals surface area contributed by atoms with Gasteiger partial charge in [0, 0.05) is 55.7 Å². The molecule has 0 unspecified atom stereocenters. The number of halogens is 7. The Labute approximate surface area is 356 Å². The number of hydrogen-bond acceptors (Lipinski definition) is 8. The standard InChI is InChI=1S/C22H16F4N2O3S.C22H17F3N2O3S/c1-32(30,31)17-6-7-18(13-2-4-16(23)5-3-13)19(9-17)21(29)28-11-14-8-20(22(24,25)26)27-10-15(14)12-28;1-31(29,30)17-7-8-18(14-5-3-2-4-6-14)19(10-17)21(28)27-12-15-9-16(22(23,24)25)11-26-20(15)13-27/h2-10H,11-12H2,1H3;2-11H,12-13H2,1H3. The van der Waals surface area contributed by atoms with E-state index in [1.807, 2.05) is 6.07 Å². The van der Waals surface area contributed by atoms with E-state index in [1.54, 1.807) is 30.3 Å². The number of amides is 2. The van der Waals surface area contributed by atoms with Crippen molar-refractivity contribution in [3.8, 4) is 22.3 Å². The lowest BCUT2D eigenvalue weighted by molar-refractivity contribution is -0.141. The Morgan fingerprint density at radius 3 is 1.59 bits per heavy atom. The molecule has 2 aliphatic rings. The van der Waals surface area contributed by atoms with Gasteiger partial charge in [-0.05, 0) is 87.5 Å². The summed E-state index contributed by atoms with van der Waals surface area (Å²) in [6.45, 7) is -0.0386. The molecule has 0 fully saturated rings. The number of carbonyl (C=O) groups excluding carboxylic acids is 2. The van der Waals surface area contributed by atoms with Crippen LogP contribution in [0.5, 0.6) is 0 Å². The van der Waals surface area contributed by atoms with E-state index in [0.717, 1.165) is 42.6 Å². The molecule has 2 amide bonds. The summed E-state index contributed by atoms with van der Waals surface area (Å²) in [5.74, 6) is -1.51. The number of benzene rings is 4. The lowest BCUT2D eigenvalue weighted by atomic mass is 9.98. The van der Waals surface area contributed by atoms with Gasteiger partial charge >= 0.3 is 12.4 Å². The number of hydrogen-bond donors (Lipinski definition) is 0. The maximum absolute atomic E-state index is 13.4. The topological polar surface area (TPSA) is 135 Å². The van der Waals surface area contributed by atoms with Crippen molar-refractivity contribution in [2.24, 2.45) is 0 Å². The number of rotatable bonds is 6. The van der Waals surface area contributed by atoms with Gasteiger partial charge in [-0.15, -0.1) is 0 Å². The second-order valence-corrected chi connectivity index (χ2v) is 18.8. The zero-order valence-electron chi connectivity index (χ0n) is 33.0. The van der Waals surface area contributed by atoms with Gasteiger partial charge in [0.05, 0.1) is 27.6 Å². The van der Waals surface area contributed by atoms with Gasteiger partial charge in [-0.2, -0.15) is 26.3 Å². The Bertz CT molecular complexity index is 3000. The number of alkyl halides is 6. The highest BCUT2D eigenvalue weighted by Gasteiger charge is 2.36. The van der Waals surface area contributed by atoms with Gasteiger partial charge in [-0.25, -0.2) is 21.2 Å². The molecule has 19 heteroatoms. The van der Waals surface area contributed by atoms with Crippen LogP contribution in [0.4, 0.5) is 30.7 Å². The van der Waals surface area contributed by atoms with E-state index in [2.05, 4.69) is 9.97 Å². The maximum Gasteiger partial charge on any atom is 0.433 e. The number of sulfone groups is 2. The minimum Gasteiger partial charge on any atom is -0.330 e. The lowest BCUT2D eigenvalue weighted by Gasteiger charge is -2.19. The zero-order valence-corrected chi connectivity index (χ0v) is 34.6. The first kappa shape index (κ1) is 44.6. The fraction of sp³-hybridized carbons (Fsp3) is 0.182. The second kappa shape index (κ2) is 16.7. The smallest absolute Gasteiger partial charge is 0.330 e. The van der Waals surface area contributed by atoms with Crippen LogP contribution in [0.2, 0.25) is 0 Å². The number of aromatic nitrogens is 2. The number of carbonyl (C=O) groups is 2. The first-order valence-corrected chi connectivity index (χ1v) is 22.4. The molecule has 2 aliphatic heterocycles. The molecule has 0 bridgehead atoms. The van der Waals surface area contributed by atoms with Gasteiger partial charge in [-0.1, -0.05) is 54.6 Å². The zero-order chi connectivity index (χ0) is 45.6. The molecule has 6 aromatic rings. The first-order chi connectivity index (χ1) is 29.5.